The maximum atomic E-state index is 13.2. The van der Waals surface area contributed by atoms with Crippen molar-refractivity contribution >= 4 is 11.7 Å². The van der Waals surface area contributed by atoms with E-state index in [1.807, 2.05) is 25.7 Å². The molecule has 2 aromatic rings. The number of hydrogen-bond acceptors (Lipinski definition) is 2. The van der Waals surface area contributed by atoms with Crippen LogP contribution in [0.4, 0.5) is 0 Å². The summed E-state index contributed by atoms with van der Waals surface area (Å²) in [5.41, 5.74) is 2.12. The lowest BCUT2D eigenvalue weighted by Crippen LogP contribution is -2.52. The molecule has 0 bridgehead atoms. The zero-order valence-corrected chi connectivity index (χ0v) is 20.8. The fraction of sp³-hybridized carbons (Fsp3) is 0.533. The van der Waals surface area contributed by atoms with Crippen molar-refractivity contribution in [1.82, 2.24) is 4.90 Å². The summed E-state index contributed by atoms with van der Waals surface area (Å²) in [6.07, 6.45) is 9.73. The Bertz CT molecular complexity index is 824. The molecule has 0 saturated carbocycles. The van der Waals surface area contributed by atoms with Gasteiger partial charge in [-0.1, -0.05) is 81.4 Å². The molecule has 3 nitrogen and oxygen atoms in total. The van der Waals surface area contributed by atoms with Crippen molar-refractivity contribution in [3.05, 3.63) is 71.8 Å². The van der Waals surface area contributed by atoms with Crippen LogP contribution in [-0.4, -0.2) is 29.2 Å². The Kier molecular flexibility index (Phi) is 9.29. The minimum atomic E-state index is -0.630. The Hall–Kier alpha value is -2.42. The Labute approximate surface area is 200 Å². The standard InChI is InChI=1S/C30H41NO2/c1-30(2,3)28(32)29(33)31-23-11-10-22-27(31)26(20-12-18-24-14-6-4-7-15-24)21-13-19-25-16-8-5-9-17-25/h4-9,14-17,26-27H,10-13,18-23H2,1-3H3. The molecular weight excluding hydrogens is 406 g/mol. The lowest BCUT2D eigenvalue weighted by atomic mass is 9.81. The maximum absolute atomic E-state index is 13.2. The normalized spacial score (nSPS) is 16.7. The van der Waals surface area contributed by atoms with E-state index in [1.54, 1.807) is 0 Å². The Morgan fingerprint density at radius 1 is 0.848 bits per heavy atom. The van der Waals surface area contributed by atoms with E-state index in [1.165, 1.54) is 11.1 Å². The number of Topliss-reactive ketones (excluding diaryl/α,β-unsaturated/α-hetero) is 1. The number of ketones is 1. The van der Waals surface area contributed by atoms with Crippen molar-refractivity contribution in [1.29, 1.82) is 0 Å². The largest absolute Gasteiger partial charge is 0.333 e. The van der Waals surface area contributed by atoms with Crippen LogP contribution in [0.5, 0.6) is 0 Å². The molecule has 3 heteroatoms. The summed E-state index contributed by atoms with van der Waals surface area (Å²) in [5.74, 6) is -0.0699. The summed E-state index contributed by atoms with van der Waals surface area (Å²) >= 11 is 0. The first-order chi connectivity index (χ1) is 15.9. The molecule has 1 aliphatic rings. The van der Waals surface area contributed by atoms with Crippen LogP contribution < -0.4 is 0 Å². The number of hydrogen-bond donors (Lipinski definition) is 0. The second-order valence-corrected chi connectivity index (χ2v) is 10.7. The summed E-state index contributed by atoms with van der Waals surface area (Å²) < 4.78 is 0. The van der Waals surface area contributed by atoms with Gasteiger partial charge in [0.15, 0.2) is 0 Å². The average molecular weight is 448 g/mol. The first kappa shape index (κ1) is 25.2. The highest BCUT2D eigenvalue weighted by atomic mass is 16.2. The lowest BCUT2D eigenvalue weighted by Gasteiger charge is -2.41. The molecule has 1 amide bonds. The highest BCUT2D eigenvalue weighted by Crippen LogP contribution is 2.32. The van der Waals surface area contributed by atoms with E-state index in [2.05, 4.69) is 60.7 Å². The number of aryl methyl sites for hydroxylation is 2. The molecule has 0 N–H and O–H groups in total. The third kappa shape index (κ3) is 7.55. The van der Waals surface area contributed by atoms with Gasteiger partial charge >= 0.3 is 0 Å². The fourth-order valence-electron chi connectivity index (χ4n) is 5.11. The van der Waals surface area contributed by atoms with E-state index in [-0.39, 0.29) is 17.7 Å². The number of nitrogens with zero attached hydrogens (tertiary/aromatic N) is 1. The quantitative estimate of drug-likeness (QED) is 0.383. The predicted octanol–water partition coefficient (Wildman–Crippen LogP) is 6.64. The lowest BCUT2D eigenvalue weighted by molar-refractivity contribution is -0.152. The minimum absolute atomic E-state index is 0.184. The van der Waals surface area contributed by atoms with Gasteiger partial charge in [0.1, 0.15) is 0 Å². The average Bonchev–Trinajstić information content (AvgIpc) is 2.83. The third-order valence-corrected chi connectivity index (χ3v) is 7.00. The van der Waals surface area contributed by atoms with Crippen molar-refractivity contribution in [2.24, 2.45) is 11.3 Å². The van der Waals surface area contributed by atoms with Gasteiger partial charge in [-0.25, -0.2) is 0 Å². The molecule has 1 heterocycles. The first-order valence-corrected chi connectivity index (χ1v) is 12.8. The van der Waals surface area contributed by atoms with E-state index in [4.69, 9.17) is 0 Å². The van der Waals surface area contributed by atoms with Crippen molar-refractivity contribution in [3.63, 3.8) is 0 Å². The molecule has 3 rings (SSSR count). The molecule has 0 spiro atoms. The third-order valence-electron chi connectivity index (χ3n) is 7.00. The molecule has 33 heavy (non-hydrogen) atoms. The SMILES string of the molecule is CC(C)(C)C(=O)C(=O)N1CCCCC1C(CCCc1ccccc1)CCCc1ccccc1. The smallest absolute Gasteiger partial charge is 0.290 e. The highest BCUT2D eigenvalue weighted by molar-refractivity contribution is 6.37. The molecule has 0 radical (unpaired) electrons. The van der Waals surface area contributed by atoms with Crippen LogP contribution in [0.3, 0.4) is 0 Å². The molecule has 2 aromatic carbocycles. The van der Waals surface area contributed by atoms with Crippen LogP contribution in [-0.2, 0) is 22.4 Å². The number of amides is 1. The van der Waals surface area contributed by atoms with Gasteiger partial charge in [0.25, 0.3) is 5.91 Å². The molecule has 1 atom stereocenters. The van der Waals surface area contributed by atoms with Gasteiger partial charge in [-0.05, 0) is 74.8 Å². The van der Waals surface area contributed by atoms with Crippen molar-refractivity contribution in [2.75, 3.05) is 6.54 Å². The summed E-state index contributed by atoms with van der Waals surface area (Å²) in [6, 6.07) is 21.5. The molecule has 0 aliphatic carbocycles. The number of piperidine rings is 1. The zero-order chi connectivity index (χ0) is 23.7. The van der Waals surface area contributed by atoms with Crippen molar-refractivity contribution in [2.45, 2.75) is 84.6 Å². The number of carbonyl (C=O) groups is 2. The van der Waals surface area contributed by atoms with Crippen LogP contribution in [0.25, 0.3) is 0 Å². The number of benzene rings is 2. The number of likely N-dealkylation sites (tertiary alicyclic amines) is 1. The molecule has 1 unspecified atom stereocenters. The number of carbonyl (C=O) groups excluding carboxylic acids is 2. The van der Waals surface area contributed by atoms with Crippen molar-refractivity contribution in [3.8, 4) is 0 Å². The van der Waals surface area contributed by atoms with Gasteiger partial charge in [0.2, 0.25) is 5.78 Å². The van der Waals surface area contributed by atoms with Gasteiger partial charge < -0.3 is 4.90 Å². The summed E-state index contributed by atoms with van der Waals surface area (Å²) in [4.78, 5) is 28.0. The van der Waals surface area contributed by atoms with Gasteiger partial charge in [0, 0.05) is 18.0 Å². The molecule has 1 fully saturated rings. The predicted molar refractivity (Wildman–Crippen MR) is 136 cm³/mol. The monoisotopic (exact) mass is 447 g/mol. The molecule has 0 aromatic heterocycles. The molecule has 178 valence electrons. The van der Waals surface area contributed by atoms with Crippen LogP contribution in [0.15, 0.2) is 60.7 Å². The van der Waals surface area contributed by atoms with Crippen LogP contribution in [0.2, 0.25) is 0 Å². The summed E-state index contributed by atoms with van der Waals surface area (Å²) in [7, 11) is 0. The van der Waals surface area contributed by atoms with Gasteiger partial charge in [-0.3, -0.25) is 9.59 Å². The van der Waals surface area contributed by atoms with E-state index < -0.39 is 5.41 Å². The van der Waals surface area contributed by atoms with Gasteiger partial charge in [-0.15, -0.1) is 0 Å². The van der Waals surface area contributed by atoms with Crippen LogP contribution in [0.1, 0.15) is 76.8 Å². The van der Waals surface area contributed by atoms with E-state index in [0.717, 1.165) is 64.3 Å². The maximum Gasteiger partial charge on any atom is 0.290 e. The number of rotatable bonds is 10. The second-order valence-electron chi connectivity index (χ2n) is 10.7. The molecule has 1 aliphatic heterocycles. The zero-order valence-electron chi connectivity index (χ0n) is 20.8. The first-order valence-electron chi connectivity index (χ1n) is 12.8. The van der Waals surface area contributed by atoms with Crippen LogP contribution >= 0.6 is 0 Å². The minimum Gasteiger partial charge on any atom is -0.333 e. The summed E-state index contributed by atoms with van der Waals surface area (Å²) in [5, 5.41) is 0. The fourth-order valence-corrected chi connectivity index (χ4v) is 5.11. The van der Waals surface area contributed by atoms with E-state index >= 15 is 0 Å². The van der Waals surface area contributed by atoms with E-state index in [9.17, 15) is 9.59 Å². The van der Waals surface area contributed by atoms with Gasteiger partial charge in [-0.2, -0.15) is 0 Å². The van der Waals surface area contributed by atoms with Crippen LogP contribution in [0, 0.1) is 11.3 Å². The summed E-state index contributed by atoms with van der Waals surface area (Å²) in [6.45, 7) is 6.27. The Balaban J connectivity index is 1.69. The van der Waals surface area contributed by atoms with Crippen molar-refractivity contribution < 1.29 is 9.59 Å². The topological polar surface area (TPSA) is 37.4 Å². The highest BCUT2D eigenvalue weighted by Gasteiger charge is 2.38. The Morgan fingerprint density at radius 3 is 1.85 bits per heavy atom. The molecular formula is C30H41NO2. The second kappa shape index (κ2) is 12.2. The van der Waals surface area contributed by atoms with E-state index in [0.29, 0.717) is 5.92 Å². The Morgan fingerprint density at radius 2 is 1.36 bits per heavy atom. The van der Waals surface area contributed by atoms with Gasteiger partial charge in [0.05, 0.1) is 0 Å². The molecule has 1 saturated heterocycles.